The number of carbonyl (C=O) groups excluding carboxylic acids is 1. The number of piperidine rings is 1. The molecule has 176 valence electrons. The number of fused-ring (bicyclic) bond motifs is 1. The van der Waals surface area contributed by atoms with Crippen molar-refractivity contribution >= 4 is 38.2 Å². The predicted molar refractivity (Wildman–Crippen MR) is 132 cm³/mol. The van der Waals surface area contributed by atoms with Crippen molar-refractivity contribution in [1.82, 2.24) is 9.88 Å². The van der Waals surface area contributed by atoms with E-state index in [4.69, 9.17) is 4.74 Å². The van der Waals surface area contributed by atoms with Crippen LogP contribution in [-0.4, -0.2) is 50.2 Å². The zero-order valence-electron chi connectivity index (χ0n) is 18.8. The van der Waals surface area contributed by atoms with Crippen LogP contribution in [0.1, 0.15) is 23.3 Å². The monoisotopic (exact) mass is 496 g/mol. The fraction of sp³-hybridized carbons (Fsp3) is 0.292. The summed E-state index contributed by atoms with van der Waals surface area (Å²) in [6.45, 7) is 3.04. The Morgan fingerprint density at radius 2 is 1.94 bits per heavy atom. The van der Waals surface area contributed by atoms with Crippen molar-refractivity contribution in [3.05, 3.63) is 59.0 Å². The molecule has 1 saturated heterocycles. The molecule has 3 aromatic rings. The van der Waals surface area contributed by atoms with E-state index in [0.29, 0.717) is 29.6 Å². The summed E-state index contributed by atoms with van der Waals surface area (Å²) in [6.07, 6.45) is 1.49. The molecule has 0 aliphatic carbocycles. The largest absolute Gasteiger partial charge is 0.497 e. The number of hydrogen-bond acceptors (Lipinski definition) is 7. The number of aromatic nitrogens is 1. The van der Waals surface area contributed by atoms with Crippen molar-refractivity contribution < 1.29 is 17.9 Å². The summed E-state index contributed by atoms with van der Waals surface area (Å²) in [7, 11) is -2.07. The lowest BCUT2D eigenvalue weighted by molar-refractivity contribution is -0.121. The Labute approximate surface area is 202 Å². The summed E-state index contributed by atoms with van der Waals surface area (Å²) in [5.41, 5.74) is 2.39. The molecule has 1 fully saturated rings. The van der Waals surface area contributed by atoms with Crippen molar-refractivity contribution in [1.29, 1.82) is 0 Å². The number of amidine groups is 1. The molecule has 1 N–H and O–H groups in total. The highest BCUT2D eigenvalue weighted by Gasteiger charge is 2.35. The summed E-state index contributed by atoms with van der Waals surface area (Å²) < 4.78 is 34.1. The van der Waals surface area contributed by atoms with E-state index in [1.165, 1.54) is 11.3 Å². The van der Waals surface area contributed by atoms with Crippen LogP contribution in [0.15, 0.2) is 57.8 Å². The number of amides is 1. The first-order valence-corrected chi connectivity index (χ1v) is 13.2. The molecule has 0 spiro atoms. The second-order valence-corrected chi connectivity index (χ2v) is 11.1. The van der Waals surface area contributed by atoms with Gasteiger partial charge in [0, 0.05) is 29.1 Å². The Hall–Kier alpha value is -3.24. The van der Waals surface area contributed by atoms with Gasteiger partial charge in [0.25, 0.3) is 10.0 Å². The van der Waals surface area contributed by atoms with Gasteiger partial charge in [0.2, 0.25) is 5.91 Å². The molecule has 3 heterocycles. The molecule has 0 bridgehead atoms. The van der Waals surface area contributed by atoms with Gasteiger partial charge in [0.05, 0.1) is 18.7 Å². The van der Waals surface area contributed by atoms with Crippen LogP contribution in [0.2, 0.25) is 0 Å². The van der Waals surface area contributed by atoms with Crippen molar-refractivity contribution in [2.45, 2.75) is 24.7 Å². The topological polar surface area (TPSA) is 101 Å². The van der Waals surface area contributed by atoms with Crippen LogP contribution in [0.3, 0.4) is 0 Å². The van der Waals surface area contributed by atoms with E-state index in [0.717, 1.165) is 34.7 Å². The molecule has 2 aromatic carbocycles. The normalized spacial score (nSPS) is 18.8. The minimum atomic E-state index is -3.69. The van der Waals surface area contributed by atoms with E-state index >= 15 is 0 Å². The maximum Gasteiger partial charge on any atom is 0.285 e. The number of nitrogens with one attached hydrogen (secondary N) is 1. The first-order chi connectivity index (χ1) is 16.4. The van der Waals surface area contributed by atoms with Gasteiger partial charge in [-0.25, -0.2) is 4.98 Å². The predicted octanol–water partition coefficient (Wildman–Crippen LogP) is 3.93. The molecule has 2 aliphatic rings. The van der Waals surface area contributed by atoms with Gasteiger partial charge in [-0.3, -0.25) is 4.79 Å². The van der Waals surface area contributed by atoms with Gasteiger partial charge in [-0.1, -0.05) is 12.1 Å². The maximum atomic E-state index is 13.1. The average molecular weight is 497 g/mol. The second kappa shape index (κ2) is 8.84. The highest BCUT2D eigenvalue weighted by atomic mass is 32.2. The smallest absolute Gasteiger partial charge is 0.285 e. The summed E-state index contributed by atoms with van der Waals surface area (Å²) in [4.78, 5) is 20.9. The number of ether oxygens (including phenoxy) is 1. The number of anilines is 1. The number of nitrogens with zero attached hydrogens (tertiary/aromatic N) is 3. The summed E-state index contributed by atoms with van der Waals surface area (Å²) in [5.74, 6) is 0.796. The molecule has 34 heavy (non-hydrogen) atoms. The van der Waals surface area contributed by atoms with Gasteiger partial charge in [0.15, 0.2) is 11.0 Å². The number of sulfonamides is 1. The van der Waals surface area contributed by atoms with Gasteiger partial charge in [0.1, 0.15) is 10.6 Å². The fourth-order valence-electron chi connectivity index (χ4n) is 4.37. The first-order valence-electron chi connectivity index (χ1n) is 11.0. The van der Waals surface area contributed by atoms with E-state index in [2.05, 4.69) is 14.7 Å². The SMILES string of the molecule is COc1ccc(-c2nc(NC(=O)C3CCCN(C4=NS(=O)(=O)c5ccccc54)C3)sc2C)cc1. The number of methoxy groups -OCH3 is 1. The van der Waals surface area contributed by atoms with Gasteiger partial charge in [-0.05, 0) is 56.2 Å². The van der Waals surface area contributed by atoms with Crippen LogP contribution in [0.5, 0.6) is 5.75 Å². The third kappa shape index (κ3) is 4.19. The molecular formula is C24H24N4O4S2. The Morgan fingerprint density at radius 3 is 2.71 bits per heavy atom. The van der Waals surface area contributed by atoms with Crippen LogP contribution < -0.4 is 10.1 Å². The number of aryl methyl sites for hydroxylation is 1. The Morgan fingerprint density at radius 1 is 1.18 bits per heavy atom. The summed E-state index contributed by atoms with van der Waals surface area (Å²) in [5, 5.41) is 3.52. The number of rotatable bonds is 4. The van der Waals surface area contributed by atoms with Gasteiger partial charge < -0.3 is 15.0 Å². The van der Waals surface area contributed by atoms with E-state index in [9.17, 15) is 13.2 Å². The van der Waals surface area contributed by atoms with Gasteiger partial charge in [-0.15, -0.1) is 15.7 Å². The third-order valence-electron chi connectivity index (χ3n) is 6.09. The molecule has 5 rings (SSSR count). The van der Waals surface area contributed by atoms with Crippen molar-refractivity contribution in [3.8, 4) is 17.0 Å². The highest BCUT2D eigenvalue weighted by Crippen LogP contribution is 2.33. The van der Waals surface area contributed by atoms with E-state index < -0.39 is 10.0 Å². The number of benzene rings is 2. The molecular weight excluding hydrogens is 472 g/mol. The zero-order chi connectivity index (χ0) is 23.9. The molecule has 1 aromatic heterocycles. The van der Waals surface area contributed by atoms with Crippen LogP contribution in [0.25, 0.3) is 11.3 Å². The molecule has 0 saturated carbocycles. The van der Waals surface area contributed by atoms with Gasteiger partial charge in [-0.2, -0.15) is 8.42 Å². The fourth-order valence-corrected chi connectivity index (χ4v) is 6.44. The molecule has 10 heteroatoms. The van der Waals surface area contributed by atoms with Crippen LogP contribution >= 0.6 is 11.3 Å². The quantitative estimate of drug-likeness (QED) is 0.587. The number of hydrogen-bond donors (Lipinski definition) is 1. The lowest BCUT2D eigenvalue weighted by atomic mass is 9.96. The van der Waals surface area contributed by atoms with Crippen molar-refractivity contribution in [2.24, 2.45) is 10.3 Å². The van der Waals surface area contributed by atoms with Gasteiger partial charge >= 0.3 is 0 Å². The van der Waals surface area contributed by atoms with Crippen molar-refractivity contribution in [3.63, 3.8) is 0 Å². The number of carbonyl (C=O) groups is 1. The number of thiazole rings is 1. The minimum Gasteiger partial charge on any atom is -0.497 e. The number of likely N-dealkylation sites (tertiary alicyclic amines) is 1. The zero-order valence-corrected chi connectivity index (χ0v) is 20.4. The first kappa shape index (κ1) is 22.5. The van der Waals surface area contributed by atoms with E-state index in [1.807, 2.05) is 36.1 Å². The maximum absolute atomic E-state index is 13.1. The summed E-state index contributed by atoms with van der Waals surface area (Å²) >= 11 is 1.44. The molecule has 1 unspecified atom stereocenters. The summed E-state index contributed by atoms with van der Waals surface area (Å²) in [6, 6.07) is 14.5. The molecule has 0 radical (unpaired) electrons. The Bertz CT molecular complexity index is 1380. The van der Waals surface area contributed by atoms with E-state index in [-0.39, 0.29) is 16.7 Å². The standard InChI is InChI=1S/C24H24N4O4S2/c1-15-21(16-9-11-18(32-2)12-10-16)25-24(33-15)26-23(29)17-6-5-13-28(14-17)22-19-7-3-4-8-20(19)34(30,31)27-22/h3-4,7-12,17H,5-6,13-14H2,1-2H3,(H,25,26,29). The second-order valence-electron chi connectivity index (χ2n) is 8.31. The van der Waals surface area contributed by atoms with Crippen LogP contribution in [-0.2, 0) is 14.8 Å². The Kier molecular flexibility index (Phi) is 5.86. The lowest BCUT2D eigenvalue weighted by Gasteiger charge is -2.33. The van der Waals surface area contributed by atoms with Crippen molar-refractivity contribution in [2.75, 3.05) is 25.5 Å². The lowest BCUT2D eigenvalue weighted by Crippen LogP contribution is -2.43. The third-order valence-corrected chi connectivity index (χ3v) is 8.31. The Balaban J connectivity index is 1.31. The van der Waals surface area contributed by atoms with E-state index in [1.54, 1.807) is 31.4 Å². The molecule has 1 amide bonds. The molecule has 8 nitrogen and oxygen atoms in total. The van der Waals surface area contributed by atoms with Crippen LogP contribution in [0.4, 0.5) is 5.13 Å². The molecule has 1 atom stereocenters. The highest BCUT2D eigenvalue weighted by molar-refractivity contribution is 7.90. The minimum absolute atomic E-state index is 0.116. The van der Waals surface area contributed by atoms with Crippen LogP contribution in [0, 0.1) is 12.8 Å². The molecule has 2 aliphatic heterocycles. The average Bonchev–Trinajstić information content (AvgIpc) is 3.35.